The van der Waals surface area contributed by atoms with E-state index in [1.165, 1.54) is 26.4 Å². The average molecular weight is 420 g/mol. The summed E-state index contributed by atoms with van der Waals surface area (Å²) in [5.41, 5.74) is -0.0540. The van der Waals surface area contributed by atoms with Crippen LogP contribution in [0.3, 0.4) is 0 Å². The van der Waals surface area contributed by atoms with Crippen LogP contribution in [0.1, 0.15) is 36.7 Å². The number of carbonyl (C=O) groups excluding carboxylic acids is 2. The van der Waals surface area contributed by atoms with Crippen LogP contribution in [0, 0.1) is 0 Å². The molecule has 9 heteroatoms. The van der Waals surface area contributed by atoms with Crippen molar-refractivity contribution in [1.82, 2.24) is 10.3 Å². The van der Waals surface area contributed by atoms with Gasteiger partial charge in [0.05, 0.1) is 11.1 Å². The number of esters is 1. The van der Waals surface area contributed by atoms with Crippen LogP contribution >= 0.6 is 11.6 Å². The molecule has 0 atom stereocenters. The molecule has 0 aliphatic rings. The first kappa shape index (κ1) is 22.2. The predicted molar refractivity (Wildman–Crippen MR) is 109 cm³/mol. The summed E-state index contributed by atoms with van der Waals surface area (Å²) in [6.45, 7) is 5.29. The molecule has 1 amide bonds. The Morgan fingerprint density at radius 2 is 1.90 bits per heavy atom. The lowest BCUT2D eigenvalue weighted by Gasteiger charge is -2.19. The fraction of sp³-hybridized carbons (Fsp3) is 0.300. The van der Waals surface area contributed by atoms with Gasteiger partial charge in [0.2, 0.25) is 5.88 Å². The minimum atomic E-state index is -0.644. The van der Waals surface area contributed by atoms with E-state index < -0.39 is 17.5 Å². The Hall–Kier alpha value is -3.13. The molecule has 2 rings (SSSR count). The standard InChI is InChI=1S/C20H22ClN3O5/c1-20(2,3)29-19(26)12-10-14(21)18(23-11-12)28-15-9-7-6-8-13(15)16(24-27-5)17(25)22-4/h6-11H,1-5H3,(H,22,25). The lowest BCUT2D eigenvalue weighted by molar-refractivity contribution is -0.114. The van der Waals surface area contributed by atoms with Gasteiger partial charge in [0.15, 0.2) is 5.71 Å². The molecular formula is C20H22ClN3O5. The van der Waals surface area contributed by atoms with Gasteiger partial charge in [-0.3, -0.25) is 4.79 Å². The van der Waals surface area contributed by atoms with Gasteiger partial charge in [0.25, 0.3) is 5.91 Å². The number of para-hydroxylation sites is 1. The normalized spacial score (nSPS) is 11.6. The van der Waals surface area contributed by atoms with E-state index in [-0.39, 0.29) is 27.9 Å². The van der Waals surface area contributed by atoms with Gasteiger partial charge >= 0.3 is 5.97 Å². The number of nitrogens with one attached hydrogen (secondary N) is 1. The number of hydrogen-bond acceptors (Lipinski definition) is 7. The second-order valence-electron chi connectivity index (χ2n) is 6.81. The second kappa shape index (κ2) is 9.38. The molecule has 0 unspecified atom stereocenters. The maximum Gasteiger partial charge on any atom is 0.340 e. The van der Waals surface area contributed by atoms with Gasteiger partial charge in [-0.1, -0.05) is 28.9 Å². The molecule has 8 nitrogen and oxygen atoms in total. The molecule has 29 heavy (non-hydrogen) atoms. The number of benzene rings is 1. The first-order valence-corrected chi connectivity index (χ1v) is 9.03. The number of carbonyl (C=O) groups is 2. The molecule has 0 bridgehead atoms. The third-order valence-corrected chi connectivity index (χ3v) is 3.69. The van der Waals surface area contributed by atoms with E-state index in [0.29, 0.717) is 5.56 Å². The van der Waals surface area contributed by atoms with Gasteiger partial charge in [-0.05, 0) is 39.0 Å². The Bertz CT molecular complexity index is 938. The summed E-state index contributed by atoms with van der Waals surface area (Å²) in [5, 5.41) is 6.37. The van der Waals surface area contributed by atoms with Crippen molar-refractivity contribution in [1.29, 1.82) is 0 Å². The third-order valence-electron chi connectivity index (χ3n) is 3.42. The number of pyridine rings is 1. The second-order valence-corrected chi connectivity index (χ2v) is 7.22. The molecule has 1 N–H and O–H groups in total. The fourth-order valence-corrected chi connectivity index (χ4v) is 2.43. The number of oxime groups is 1. The van der Waals surface area contributed by atoms with E-state index in [1.807, 2.05) is 0 Å². The molecule has 0 fully saturated rings. The molecule has 2 aromatic rings. The van der Waals surface area contributed by atoms with Crippen LogP contribution < -0.4 is 10.1 Å². The van der Waals surface area contributed by atoms with Crippen molar-refractivity contribution < 1.29 is 23.9 Å². The lowest BCUT2D eigenvalue weighted by atomic mass is 10.1. The smallest absolute Gasteiger partial charge is 0.340 e. The van der Waals surface area contributed by atoms with Crippen molar-refractivity contribution in [3.63, 3.8) is 0 Å². The summed E-state index contributed by atoms with van der Waals surface area (Å²) >= 11 is 6.25. The van der Waals surface area contributed by atoms with E-state index in [1.54, 1.807) is 45.0 Å². The number of amides is 1. The van der Waals surface area contributed by atoms with Crippen molar-refractivity contribution in [2.45, 2.75) is 26.4 Å². The highest BCUT2D eigenvalue weighted by molar-refractivity contribution is 6.45. The highest BCUT2D eigenvalue weighted by Crippen LogP contribution is 2.30. The zero-order valence-corrected chi connectivity index (χ0v) is 17.5. The van der Waals surface area contributed by atoms with Crippen LogP contribution in [-0.4, -0.2) is 42.3 Å². The lowest BCUT2D eigenvalue weighted by Crippen LogP contribution is -2.28. The molecule has 1 heterocycles. The molecule has 0 radical (unpaired) electrons. The van der Waals surface area contributed by atoms with E-state index in [0.717, 1.165) is 0 Å². The molecule has 1 aromatic heterocycles. The van der Waals surface area contributed by atoms with Crippen molar-refractivity contribution in [3.8, 4) is 11.6 Å². The van der Waals surface area contributed by atoms with E-state index >= 15 is 0 Å². The molecule has 0 saturated carbocycles. The summed E-state index contributed by atoms with van der Waals surface area (Å²) in [7, 11) is 2.81. The van der Waals surface area contributed by atoms with Gasteiger partial charge in [-0.15, -0.1) is 0 Å². The highest BCUT2D eigenvalue weighted by Gasteiger charge is 2.22. The average Bonchev–Trinajstić information content (AvgIpc) is 2.66. The Morgan fingerprint density at radius 1 is 1.21 bits per heavy atom. The Labute approximate surface area is 173 Å². The van der Waals surface area contributed by atoms with E-state index in [4.69, 9.17) is 25.9 Å². The zero-order valence-electron chi connectivity index (χ0n) is 16.8. The highest BCUT2D eigenvalue weighted by atomic mass is 35.5. The molecule has 154 valence electrons. The van der Waals surface area contributed by atoms with Crippen LogP contribution in [-0.2, 0) is 14.4 Å². The van der Waals surface area contributed by atoms with Gasteiger partial charge in [-0.2, -0.15) is 0 Å². The Balaban J connectivity index is 2.35. The number of halogens is 1. The van der Waals surface area contributed by atoms with Crippen molar-refractivity contribution in [3.05, 3.63) is 52.7 Å². The molecule has 1 aromatic carbocycles. The Kier molecular flexibility index (Phi) is 7.17. The molecule has 0 saturated heterocycles. The summed E-state index contributed by atoms with van der Waals surface area (Å²) in [5.74, 6) is -0.665. The van der Waals surface area contributed by atoms with Gasteiger partial charge in [0, 0.05) is 13.2 Å². The largest absolute Gasteiger partial charge is 0.456 e. The first-order chi connectivity index (χ1) is 13.7. The SMILES string of the molecule is CNC(=O)C(=NOC)c1ccccc1Oc1ncc(C(=O)OC(C)(C)C)cc1Cl. The summed E-state index contributed by atoms with van der Waals surface area (Å²) in [4.78, 5) is 33.2. The minimum absolute atomic E-state index is 0.0205. The predicted octanol–water partition coefficient (Wildman–Crippen LogP) is 3.58. The maximum absolute atomic E-state index is 12.2. The maximum atomic E-state index is 12.2. The zero-order chi connectivity index (χ0) is 21.6. The monoisotopic (exact) mass is 419 g/mol. The third kappa shape index (κ3) is 5.92. The van der Waals surface area contributed by atoms with Crippen molar-refractivity contribution in [2.24, 2.45) is 5.16 Å². The minimum Gasteiger partial charge on any atom is -0.456 e. The summed E-state index contributed by atoms with van der Waals surface area (Å²) in [6, 6.07) is 8.12. The number of likely N-dealkylation sites (N-methyl/N-ethyl adjacent to an activating group) is 1. The van der Waals surface area contributed by atoms with Crippen LogP contribution in [0.2, 0.25) is 5.02 Å². The molecule has 0 aliphatic carbocycles. The van der Waals surface area contributed by atoms with Crippen LogP contribution in [0.4, 0.5) is 0 Å². The molecular weight excluding hydrogens is 398 g/mol. The van der Waals surface area contributed by atoms with Crippen LogP contribution in [0.15, 0.2) is 41.7 Å². The number of nitrogens with zero attached hydrogens (tertiary/aromatic N) is 2. The van der Waals surface area contributed by atoms with Gasteiger partial charge < -0.3 is 19.6 Å². The van der Waals surface area contributed by atoms with Gasteiger partial charge in [0.1, 0.15) is 23.5 Å². The number of rotatable bonds is 6. The van der Waals surface area contributed by atoms with Crippen LogP contribution in [0.25, 0.3) is 0 Å². The summed E-state index contributed by atoms with van der Waals surface area (Å²) < 4.78 is 11.1. The quantitative estimate of drug-likeness (QED) is 0.436. The topological polar surface area (TPSA) is 99.1 Å². The number of ether oxygens (including phenoxy) is 2. The Morgan fingerprint density at radius 3 is 2.48 bits per heavy atom. The molecule has 0 aliphatic heterocycles. The van der Waals surface area contributed by atoms with E-state index in [9.17, 15) is 9.59 Å². The number of aromatic nitrogens is 1. The van der Waals surface area contributed by atoms with E-state index in [2.05, 4.69) is 15.5 Å². The summed E-state index contributed by atoms with van der Waals surface area (Å²) in [6.07, 6.45) is 1.31. The van der Waals surface area contributed by atoms with Gasteiger partial charge in [-0.25, -0.2) is 9.78 Å². The fourth-order valence-electron chi connectivity index (χ4n) is 2.23. The van der Waals surface area contributed by atoms with Crippen LogP contribution in [0.5, 0.6) is 11.6 Å². The number of hydrogen-bond donors (Lipinski definition) is 1. The van der Waals surface area contributed by atoms with Crippen molar-refractivity contribution in [2.75, 3.05) is 14.2 Å². The van der Waals surface area contributed by atoms with Crippen molar-refractivity contribution >= 4 is 29.2 Å². The molecule has 0 spiro atoms. The first-order valence-electron chi connectivity index (χ1n) is 8.65.